The summed E-state index contributed by atoms with van der Waals surface area (Å²) in [5.74, 6) is 0.517. The first-order chi connectivity index (χ1) is 9.22. The van der Waals surface area contributed by atoms with Crippen LogP contribution in [0.1, 0.15) is 4.88 Å². The SMILES string of the molecule is Nc1ccc2oc(S(=O)CCc3cccs3)nc2c1. The quantitative estimate of drug-likeness (QED) is 0.751. The highest BCUT2D eigenvalue weighted by molar-refractivity contribution is 7.84. The third-order valence-corrected chi connectivity index (χ3v) is 4.78. The van der Waals surface area contributed by atoms with Gasteiger partial charge in [-0.3, -0.25) is 0 Å². The number of anilines is 1. The zero-order valence-electron chi connectivity index (χ0n) is 10.0. The molecule has 3 rings (SSSR count). The number of nitrogen functional groups attached to an aromatic ring is 1. The minimum absolute atomic E-state index is 0.275. The van der Waals surface area contributed by atoms with E-state index in [4.69, 9.17) is 10.2 Å². The van der Waals surface area contributed by atoms with Crippen LogP contribution in [0.15, 0.2) is 45.4 Å². The molecular weight excluding hydrogens is 280 g/mol. The fourth-order valence-corrected chi connectivity index (χ4v) is 3.56. The van der Waals surface area contributed by atoms with Crippen LogP contribution in [-0.2, 0) is 17.2 Å². The number of benzene rings is 1. The molecule has 3 aromatic rings. The summed E-state index contributed by atoms with van der Waals surface area (Å²) in [6, 6.07) is 9.24. The summed E-state index contributed by atoms with van der Waals surface area (Å²) in [6.07, 6.45) is 0.769. The zero-order chi connectivity index (χ0) is 13.2. The highest BCUT2D eigenvalue weighted by atomic mass is 32.2. The number of aryl methyl sites for hydroxylation is 1. The van der Waals surface area contributed by atoms with Crippen LogP contribution >= 0.6 is 11.3 Å². The number of nitrogens with zero attached hydrogens (tertiary/aromatic N) is 1. The molecule has 2 N–H and O–H groups in total. The van der Waals surface area contributed by atoms with Gasteiger partial charge in [0, 0.05) is 16.3 Å². The maximum atomic E-state index is 12.1. The molecule has 0 amide bonds. The Morgan fingerprint density at radius 3 is 3.05 bits per heavy atom. The van der Waals surface area contributed by atoms with Crippen LogP contribution in [0.5, 0.6) is 0 Å². The maximum Gasteiger partial charge on any atom is 0.287 e. The predicted octanol–water partition coefficient (Wildman–Crippen LogP) is 2.82. The van der Waals surface area contributed by atoms with Gasteiger partial charge in [0.15, 0.2) is 5.58 Å². The summed E-state index contributed by atoms with van der Waals surface area (Å²) in [4.78, 5) is 5.45. The third-order valence-electron chi connectivity index (χ3n) is 2.70. The molecule has 0 aliphatic rings. The van der Waals surface area contributed by atoms with E-state index in [9.17, 15) is 4.21 Å². The fourth-order valence-electron chi connectivity index (χ4n) is 1.76. The van der Waals surface area contributed by atoms with Gasteiger partial charge in [0.05, 0.1) is 0 Å². The lowest BCUT2D eigenvalue weighted by molar-refractivity contribution is 0.477. The third kappa shape index (κ3) is 2.69. The van der Waals surface area contributed by atoms with Gasteiger partial charge < -0.3 is 10.2 Å². The number of aromatic nitrogens is 1. The van der Waals surface area contributed by atoms with Crippen molar-refractivity contribution in [3.8, 4) is 0 Å². The Hall–Kier alpha value is -1.66. The topological polar surface area (TPSA) is 69.1 Å². The average molecular weight is 292 g/mol. The number of hydrogen-bond acceptors (Lipinski definition) is 5. The van der Waals surface area contributed by atoms with Gasteiger partial charge in [0.2, 0.25) is 0 Å². The Kier molecular flexibility index (Phi) is 3.35. The second-order valence-electron chi connectivity index (χ2n) is 4.09. The van der Waals surface area contributed by atoms with E-state index in [0.717, 1.165) is 6.42 Å². The van der Waals surface area contributed by atoms with Crippen LogP contribution in [0.4, 0.5) is 5.69 Å². The summed E-state index contributed by atoms with van der Waals surface area (Å²) in [6.45, 7) is 0. The van der Waals surface area contributed by atoms with Crippen LogP contribution in [0.3, 0.4) is 0 Å². The summed E-state index contributed by atoms with van der Waals surface area (Å²) in [5, 5.41) is 2.29. The van der Waals surface area contributed by atoms with Gasteiger partial charge in [-0.15, -0.1) is 11.3 Å². The van der Waals surface area contributed by atoms with E-state index in [1.165, 1.54) is 4.88 Å². The molecule has 98 valence electrons. The van der Waals surface area contributed by atoms with Gasteiger partial charge in [0.1, 0.15) is 16.3 Å². The number of oxazole rings is 1. The molecule has 4 nitrogen and oxygen atoms in total. The molecular formula is C13H12N2O2S2. The lowest BCUT2D eigenvalue weighted by Crippen LogP contribution is -2.00. The van der Waals surface area contributed by atoms with Crippen LogP contribution in [0.2, 0.25) is 0 Å². The Balaban J connectivity index is 1.77. The zero-order valence-corrected chi connectivity index (χ0v) is 11.7. The first-order valence-corrected chi connectivity index (χ1v) is 7.99. The summed E-state index contributed by atoms with van der Waals surface area (Å²) >= 11 is 1.67. The fraction of sp³-hybridized carbons (Fsp3) is 0.154. The highest BCUT2D eigenvalue weighted by Crippen LogP contribution is 2.20. The highest BCUT2D eigenvalue weighted by Gasteiger charge is 2.13. The monoisotopic (exact) mass is 292 g/mol. The molecule has 6 heteroatoms. The van der Waals surface area contributed by atoms with E-state index in [1.807, 2.05) is 17.5 Å². The molecule has 0 saturated heterocycles. The van der Waals surface area contributed by atoms with Gasteiger partial charge in [0.25, 0.3) is 5.22 Å². The van der Waals surface area contributed by atoms with Crippen molar-refractivity contribution in [2.45, 2.75) is 11.6 Å². The van der Waals surface area contributed by atoms with Crippen molar-refractivity contribution >= 4 is 38.9 Å². The van der Waals surface area contributed by atoms with Crippen LogP contribution in [0.25, 0.3) is 11.1 Å². The lowest BCUT2D eigenvalue weighted by Gasteiger charge is -1.95. The van der Waals surface area contributed by atoms with Gasteiger partial charge in [-0.1, -0.05) is 6.07 Å². The number of fused-ring (bicyclic) bond motifs is 1. The van der Waals surface area contributed by atoms with E-state index in [-0.39, 0.29) is 5.22 Å². The van der Waals surface area contributed by atoms with Crippen molar-refractivity contribution in [3.05, 3.63) is 40.6 Å². The van der Waals surface area contributed by atoms with Crippen molar-refractivity contribution in [2.24, 2.45) is 0 Å². The number of rotatable bonds is 4. The molecule has 19 heavy (non-hydrogen) atoms. The Bertz CT molecular complexity index is 719. The van der Waals surface area contributed by atoms with Gasteiger partial charge in [-0.25, -0.2) is 9.19 Å². The standard InChI is InChI=1S/C13H12N2O2S2/c14-9-3-4-12-11(8-9)15-13(17-12)19(16)7-5-10-2-1-6-18-10/h1-4,6,8H,5,7,14H2. The Morgan fingerprint density at radius 1 is 1.37 bits per heavy atom. The van der Waals surface area contributed by atoms with Gasteiger partial charge in [-0.2, -0.15) is 0 Å². The van der Waals surface area contributed by atoms with Crippen molar-refractivity contribution in [2.75, 3.05) is 11.5 Å². The number of hydrogen-bond donors (Lipinski definition) is 1. The normalized spacial score (nSPS) is 12.8. The van der Waals surface area contributed by atoms with Gasteiger partial charge >= 0.3 is 0 Å². The first-order valence-electron chi connectivity index (χ1n) is 5.79. The van der Waals surface area contributed by atoms with Gasteiger partial charge in [-0.05, 0) is 36.1 Å². The van der Waals surface area contributed by atoms with Crippen LogP contribution in [0, 0.1) is 0 Å². The molecule has 2 heterocycles. The van der Waals surface area contributed by atoms with E-state index >= 15 is 0 Å². The first kappa shape index (κ1) is 12.4. The Labute approximate surface area is 116 Å². The molecule has 1 atom stereocenters. The number of nitrogens with two attached hydrogens (primary N) is 1. The van der Waals surface area contributed by atoms with Crippen LogP contribution < -0.4 is 5.73 Å². The summed E-state index contributed by atoms with van der Waals surface area (Å²) < 4.78 is 17.6. The average Bonchev–Trinajstić information content (AvgIpc) is 3.04. The lowest BCUT2D eigenvalue weighted by atomic mass is 10.3. The molecule has 0 radical (unpaired) electrons. The maximum absolute atomic E-state index is 12.1. The molecule has 0 bridgehead atoms. The second kappa shape index (κ2) is 5.14. The molecule has 1 unspecified atom stereocenters. The van der Waals surface area contributed by atoms with E-state index in [1.54, 1.807) is 29.5 Å². The minimum Gasteiger partial charge on any atom is -0.430 e. The van der Waals surface area contributed by atoms with Crippen molar-refractivity contribution in [3.63, 3.8) is 0 Å². The minimum atomic E-state index is -1.22. The smallest absolute Gasteiger partial charge is 0.287 e. The van der Waals surface area contributed by atoms with Crippen molar-refractivity contribution in [1.29, 1.82) is 0 Å². The molecule has 0 aliphatic carbocycles. The Morgan fingerprint density at radius 2 is 2.26 bits per heavy atom. The van der Waals surface area contributed by atoms with Crippen molar-refractivity contribution in [1.82, 2.24) is 4.98 Å². The largest absolute Gasteiger partial charge is 0.430 e. The number of thiophene rings is 1. The molecule has 0 saturated carbocycles. The van der Waals surface area contributed by atoms with Crippen molar-refractivity contribution < 1.29 is 8.63 Å². The predicted molar refractivity (Wildman–Crippen MR) is 77.7 cm³/mol. The van der Waals surface area contributed by atoms with E-state index in [0.29, 0.717) is 22.5 Å². The molecule has 0 aliphatic heterocycles. The molecule has 1 aromatic carbocycles. The molecule has 0 spiro atoms. The summed E-state index contributed by atoms with van der Waals surface area (Å²) in [7, 11) is -1.22. The van der Waals surface area contributed by atoms with E-state index in [2.05, 4.69) is 4.98 Å². The molecule has 2 aromatic heterocycles. The summed E-state index contributed by atoms with van der Waals surface area (Å²) in [5.41, 5.74) is 7.57. The van der Waals surface area contributed by atoms with E-state index < -0.39 is 10.8 Å². The van der Waals surface area contributed by atoms with Crippen LogP contribution in [-0.4, -0.2) is 14.9 Å². The second-order valence-corrected chi connectivity index (χ2v) is 6.57. The molecule has 0 fully saturated rings.